The summed E-state index contributed by atoms with van der Waals surface area (Å²) < 4.78 is 24.7. The first-order chi connectivity index (χ1) is 11.6. The summed E-state index contributed by atoms with van der Waals surface area (Å²) in [6.45, 7) is 4.26. The number of ether oxygens (including phenoxy) is 2. The minimum absolute atomic E-state index is 0.166. The summed E-state index contributed by atoms with van der Waals surface area (Å²) in [6, 6.07) is 6.88. The molecule has 0 saturated carbocycles. The molecule has 0 heterocycles. The molecule has 2 nitrogen and oxygen atoms in total. The Labute approximate surface area is 147 Å². The maximum absolute atomic E-state index is 13.4. The van der Waals surface area contributed by atoms with Crippen molar-refractivity contribution in [2.45, 2.75) is 77.4 Å². The summed E-state index contributed by atoms with van der Waals surface area (Å²) in [4.78, 5) is 0. The molecule has 0 spiro atoms. The van der Waals surface area contributed by atoms with Crippen LogP contribution in [0.5, 0.6) is 0 Å². The smallest absolute Gasteiger partial charge is 0.167 e. The van der Waals surface area contributed by atoms with Gasteiger partial charge in [0, 0.05) is 20.1 Å². The van der Waals surface area contributed by atoms with Crippen molar-refractivity contribution >= 4 is 0 Å². The van der Waals surface area contributed by atoms with Crippen LogP contribution >= 0.6 is 0 Å². The van der Waals surface area contributed by atoms with Gasteiger partial charge in [-0.25, -0.2) is 4.39 Å². The van der Waals surface area contributed by atoms with Crippen LogP contribution in [0.3, 0.4) is 0 Å². The molecule has 138 valence electrons. The largest absolute Gasteiger partial charge is 0.353 e. The highest BCUT2D eigenvalue weighted by Gasteiger charge is 2.33. The first kappa shape index (κ1) is 21.1. The standard InChI is InChI=1S/C21H35FO2/c1-5-6-7-8-9-10-13-19(21(2,23-3)24-4)16-15-18-12-11-14-20(22)17-18/h11-12,14,17,19H,5-10,13,15-16H2,1-4H3. The lowest BCUT2D eigenvalue weighted by atomic mass is 9.87. The highest BCUT2D eigenvalue weighted by molar-refractivity contribution is 5.16. The van der Waals surface area contributed by atoms with Gasteiger partial charge in [0.25, 0.3) is 0 Å². The van der Waals surface area contributed by atoms with Gasteiger partial charge in [-0.3, -0.25) is 0 Å². The fourth-order valence-corrected chi connectivity index (χ4v) is 3.29. The Balaban J connectivity index is 2.54. The van der Waals surface area contributed by atoms with E-state index in [1.165, 1.54) is 44.6 Å². The zero-order valence-corrected chi connectivity index (χ0v) is 15.9. The van der Waals surface area contributed by atoms with E-state index in [0.29, 0.717) is 5.92 Å². The molecule has 0 N–H and O–H groups in total. The van der Waals surface area contributed by atoms with E-state index >= 15 is 0 Å². The second kappa shape index (κ2) is 11.6. The van der Waals surface area contributed by atoms with Gasteiger partial charge in [0.2, 0.25) is 0 Å². The van der Waals surface area contributed by atoms with Gasteiger partial charge in [0.15, 0.2) is 5.79 Å². The Bertz CT molecular complexity index is 443. The van der Waals surface area contributed by atoms with Crippen molar-refractivity contribution in [3.63, 3.8) is 0 Å². The summed E-state index contributed by atoms with van der Waals surface area (Å²) in [5.41, 5.74) is 1.04. The quantitative estimate of drug-likeness (QED) is 0.318. The van der Waals surface area contributed by atoms with Crippen LogP contribution in [0, 0.1) is 11.7 Å². The number of methoxy groups -OCH3 is 2. The Hall–Kier alpha value is -0.930. The van der Waals surface area contributed by atoms with Gasteiger partial charge in [-0.1, -0.05) is 57.6 Å². The molecule has 1 rings (SSSR count). The predicted octanol–water partition coefficient (Wildman–Crippen LogP) is 6.13. The van der Waals surface area contributed by atoms with E-state index in [1.54, 1.807) is 26.4 Å². The van der Waals surface area contributed by atoms with Gasteiger partial charge < -0.3 is 9.47 Å². The molecule has 1 aromatic rings. The molecule has 0 aliphatic rings. The Morgan fingerprint density at radius 2 is 1.67 bits per heavy atom. The zero-order valence-electron chi connectivity index (χ0n) is 15.9. The monoisotopic (exact) mass is 338 g/mol. The second-order valence-electron chi connectivity index (χ2n) is 6.85. The molecule has 1 aromatic carbocycles. The highest BCUT2D eigenvalue weighted by atomic mass is 19.1. The van der Waals surface area contributed by atoms with Crippen molar-refractivity contribution in [2.75, 3.05) is 14.2 Å². The molecule has 0 amide bonds. The van der Waals surface area contributed by atoms with Crippen LogP contribution in [0.4, 0.5) is 4.39 Å². The molecular weight excluding hydrogens is 303 g/mol. The summed E-state index contributed by atoms with van der Waals surface area (Å²) in [5, 5.41) is 0. The maximum Gasteiger partial charge on any atom is 0.167 e. The van der Waals surface area contributed by atoms with Crippen molar-refractivity contribution in [1.29, 1.82) is 0 Å². The first-order valence-corrected chi connectivity index (χ1v) is 9.40. The third kappa shape index (κ3) is 7.31. The summed E-state index contributed by atoms with van der Waals surface area (Å²) >= 11 is 0. The number of hydrogen-bond acceptors (Lipinski definition) is 2. The highest BCUT2D eigenvalue weighted by Crippen LogP contribution is 2.31. The number of rotatable bonds is 13. The van der Waals surface area contributed by atoms with Gasteiger partial charge in [0.1, 0.15) is 5.82 Å². The van der Waals surface area contributed by atoms with Gasteiger partial charge in [-0.05, 0) is 43.9 Å². The molecule has 3 heteroatoms. The van der Waals surface area contributed by atoms with Crippen LogP contribution in [0.2, 0.25) is 0 Å². The van der Waals surface area contributed by atoms with E-state index in [4.69, 9.17) is 9.47 Å². The van der Waals surface area contributed by atoms with Crippen molar-refractivity contribution in [2.24, 2.45) is 5.92 Å². The molecule has 0 bridgehead atoms. The molecule has 0 fully saturated rings. The average Bonchev–Trinajstić information content (AvgIpc) is 2.59. The third-order valence-electron chi connectivity index (χ3n) is 5.13. The number of aryl methyl sites for hydroxylation is 1. The van der Waals surface area contributed by atoms with Gasteiger partial charge in [-0.15, -0.1) is 0 Å². The number of unbranched alkanes of at least 4 members (excludes halogenated alkanes) is 5. The summed E-state index contributed by atoms with van der Waals surface area (Å²) in [6.07, 6.45) is 10.6. The van der Waals surface area contributed by atoms with E-state index < -0.39 is 5.79 Å². The fourth-order valence-electron chi connectivity index (χ4n) is 3.29. The lowest BCUT2D eigenvalue weighted by Crippen LogP contribution is -2.39. The summed E-state index contributed by atoms with van der Waals surface area (Å²) in [5.74, 6) is -0.431. The molecular formula is C21H35FO2. The van der Waals surface area contributed by atoms with E-state index in [2.05, 4.69) is 6.92 Å². The molecule has 0 aliphatic heterocycles. The normalized spacial score (nSPS) is 13.2. The van der Waals surface area contributed by atoms with E-state index in [-0.39, 0.29) is 5.82 Å². The second-order valence-corrected chi connectivity index (χ2v) is 6.85. The van der Waals surface area contributed by atoms with E-state index in [9.17, 15) is 4.39 Å². The predicted molar refractivity (Wildman–Crippen MR) is 98.6 cm³/mol. The molecule has 0 radical (unpaired) electrons. The minimum Gasteiger partial charge on any atom is -0.353 e. The van der Waals surface area contributed by atoms with Crippen LogP contribution in [-0.4, -0.2) is 20.0 Å². The minimum atomic E-state index is -0.573. The molecule has 1 atom stereocenters. The Kier molecular flexibility index (Phi) is 10.2. The maximum atomic E-state index is 13.4. The van der Waals surface area contributed by atoms with Crippen LogP contribution < -0.4 is 0 Å². The number of halogens is 1. The molecule has 0 aliphatic carbocycles. The van der Waals surface area contributed by atoms with Crippen molar-refractivity contribution in [3.05, 3.63) is 35.6 Å². The number of hydrogen-bond donors (Lipinski definition) is 0. The fraction of sp³-hybridized carbons (Fsp3) is 0.714. The SMILES string of the molecule is CCCCCCCCC(CCc1cccc(F)c1)C(C)(OC)OC. The molecule has 0 aromatic heterocycles. The van der Waals surface area contributed by atoms with Gasteiger partial charge in [0.05, 0.1) is 0 Å². The lowest BCUT2D eigenvalue weighted by Gasteiger charge is -2.35. The van der Waals surface area contributed by atoms with Crippen LogP contribution in [0.1, 0.15) is 70.8 Å². The van der Waals surface area contributed by atoms with E-state index in [1.807, 2.05) is 13.0 Å². The molecule has 1 unspecified atom stereocenters. The van der Waals surface area contributed by atoms with Crippen molar-refractivity contribution in [1.82, 2.24) is 0 Å². The van der Waals surface area contributed by atoms with Gasteiger partial charge in [-0.2, -0.15) is 0 Å². The van der Waals surface area contributed by atoms with Crippen LogP contribution in [0.25, 0.3) is 0 Å². The number of benzene rings is 1. The zero-order chi connectivity index (χ0) is 17.8. The van der Waals surface area contributed by atoms with Crippen molar-refractivity contribution < 1.29 is 13.9 Å². The van der Waals surface area contributed by atoms with Gasteiger partial charge >= 0.3 is 0 Å². The topological polar surface area (TPSA) is 18.5 Å². The Morgan fingerprint density at radius 3 is 2.29 bits per heavy atom. The van der Waals surface area contributed by atoms with Crippen LogP contribution in [0.15, 0.2) is 24.3 Å². The molecule has 0 saturated heterocycles. The van der Waals surface area contributed by atoms with E-state index in [0.717, 1.165) is 24.8 Å². The Morgan fingerprint density at radius 1 is 1.00 bits per heavy atom. The lowest BCUT2D eigenvalue weighted by molar-refractivity contribution is -0.229. The average molecular weight is 339 g/mol. The van der Waals surface area contributed by atoms with Crippen molar-refractivity contribution in [3.8, 4) is 0 Å². The molecule has 24 heavy (non-hydrogen) atoms. The van der Waals surface area contributed by atoms with Crippen LogP contribution in [-0.2, 0) is 15.9 Å². The summed E-state index contributed by atoms with van der Waals surface area (Å²) in [7, 11) is 3.42. The first-order valence-electron chi connectivity index (χ1n) is 9.40. The third-order valence-corrected chi connectivity index (χ3v) is 5.13.